The molecule has 1 N–H and O–H groups in total. The van der Waals surface area contributed by atoms with Crippen molar-refractivity contribution in [2.45, 2.75) is 134 Å². The van der Waals surface area contributed by atoms with Gasteiger partial charge in [0.25, 0.3) is 5.79 Å². The van der Waals surface area contributed by atoms with Gasteiger partial charge in [-0.05, 0) is 70.6 Å². The van der Waals surface area contributed by atoms with Crippen LogP contribution >= 0.6 is 0 Å². The Morgan fingerprint density at radius 2 is 1.84 bits per heavy atom. The number of unbranched alkanes of at least 4 members (excludes halogenated alkanes) is 3. The maximum Gasteiger partial charge on any atom is 0.366 e. The topological polar surface area (TPSA) is 101 Å². The number of aliphatic hydroxyl groups is 1. The zero-order valence-electron chi connectivity index (χ0n) is 24.4. The fourth-order valence-electron chi connectivity index (χ4n) is 5.70. The zero-order valence-corrected chi connectivity index (χ0v) is 24.4. The Hall–Kier alpha value is -1.48. The summed E-state index contributed by atoms with van der Waals surface area (Å²) < 4.78 is 27.5. The first-order chi connectivity index (χ1) is 18.2. The average molecular weight is 541 g/mol. The lowest BCUT2D eigenvalue weighted by Gasteiger charge is -2.32. The molecule has 2 rings (SSSR count). The van der Waals surface area contributed by atoms with E-state index in [-0.39, 0.29) is 30.0 Å². The first kappa shape index (κ1) is 32.7. The molecule has 2 aliphatic rings. The average Bonchev–Trinajstić information content (AvgIpc) is 3.27. The van der Waals surface area contributed by atoms with Crippen molar-refractivity contribution in [3.05, 3.63) is 12.2 Å². The van der Waals surface area contributed by atoms with Gasteiger partial charge in [0.15, 0.2) is 6.29 Å². The fraction of sp³-hybridized carbons (Fsp3) is 0.867. The summed E-state index contributed by atoms with van der Waals surface area (Å²) in [5.74, 6) is -2.41. The van der Waals surface area contributed by atoms with Crippen LogP contribution < -0.4 is 0 Å². The fourth-order valence-corrected chi connectivity index (χ4v) is 5.70. The van der Waals surface area contributed by atoms with Gasteiger partial charge in [0.1, 0.15) is 6.10 Å². The number of ether oxygens (including phenoxy) is 5. The van der Waals surface area contributed by atoms with E-state index in [1.807, 2.05) is 0 Å². The minimum atomic E-state index is -2.00. The molecule has 1 aliphatic heterocycles. The van der Waals surface area contributed by atoms with Gasteiger partial charge in [-0.15, -0.1) is 0 Å². The number of esters is 2. The summed E-state index contributed by atoms with van der Waals surface area (Å²) in [5.41, 5.74) is -0.156. The number of hydrogen-bond acceptors (Lipinski definition) is 8. The molecule has 8 nitrogen and oxygen atoms in total. The van der Waals surface area contributed by atoms with Crippen LogP contribution in [-0.4, -0.2) is 61.7 Å². The van der Waals surface area contributed by atoms with E-state index < -0.39 is 18.0 Å². The van der Waals surface area contributed by atoms with E-state index >= 15 is 0 Å². The van der Waals surface area contributed by atoms with Gasteiger partial charge in [0, 0.05) is 33.0 Å². The highest BCUT2D eigenvalue weighted by Gasteiger charge is 2.41. The standard InChI is InChI=1S/C30H52O8/c1-6-7-19-29(3,35-5)20-13-14-24-17-18-26(37-23(2)31)25(24)15-9-8-11-21-30(33,28(32)34-4)38-27-16-10-12-22-36-27/h13-14,24-27,33H,6-12,15-22H2,1-5H3/t24-,25+,26?,27?,29?,30?/m0/s1. The lowest BCUT2D eigenvalue weighted by Crippen LogP contribution is -2.46. The third-order valence-corrected chi connectivity index (χ3v) is 8.14. The Bertz CT molecular complexity index is 734. The second kappa shape index (κ2) is 16.6. The van der Waals surface area contributed by atoms with Gasteiger partial charge < -0.3 is 28.8 Å². The minimum absolute atomic E-state index is 0.0742. The highest BCUT2D eigenvalue weighted by molar-refractivity contribution is 5.77. The van der Waals surface area contributed by atoms with Crippen molar-refractivity contribution >= 4 is 11.9 Å². The molecule has 8 heteroatoms. The number of allylic oxidation sites excluding steroid dienone is 1. The first-order valence-corrected chi connectivity index (χ1v) is 14.7. The Balaban J connectivity index is 1.90. The van der Waals surface area contributed by atoms with Gasteiger partial charge in [-0.2, -0.15) is 0 Å². The molecule has 0 aromatic carbocycles. The van der Waals surface area contributed by atoms with Crippen LogP contribution in [0, 0.1) is 11.8 Å². The van der Waals surface area contributed by atoms with Crippen molar-refractivity contribution < 1.29 is 38.4 Å². The number of carbonyl (C=O) groups excluding carboxylic acids is 2. The summed E-state index contributed by atoms with van der Waals surface area (Å²) in [6.45, 7) is 6.40. The summed E-state index contributed by atoms with van der Waals surface area (Å²) in [6, 6.07) is 0. The lowest BCUT2D eigenvalue weighted by molar-refractivity contribution is -0.297. The molecule has 2 fully saturated rings. The van der Waals surface area contributed by atoms with E-state index in [4.69, 9.17) is 23.7 Å². The SMILES string of the molecule is CCCCC(C)(CC=C[C@H]1CCC(OC(C)=O)[C@@H]1CCCCCC(O)(OC1CCCCO1)C(=O)OC)OC. The van der Waals surface area contributed by atoms with Crippen molar-refractivity contribution in [1.82, 2.24) is 0 Å². The van der Waals surface area contributed by atoms with Crippen LogP contribution in [0.4, 0.5) is 0 Å². The predicted octanol–water partition coefficient (Wildman–Crippen LogP) is 5.84. The molecule has 0 spiro atoms. The Morgan fingerprint density at radius 1 is 1.05 bits per heavy atom. The molecule has 38 heavy (non-hydrogen) atoms. The summed E-state index contributed by atoms with van der Waals surface area (Å²) in [7, 11) is 3.04. The van der Waals surface area contributed by atoms with Crippen molar-refractivity contribution in [3.8, 4) is 0 Å². The molecule has 1 aliphatic carbocycles. The van der Waals surface area contributed by atoms with Crippen molar-refractivity contribution in [2.24, 2.45) is 11.8 Å². The maximum absolute atomic E-state index is 12.3. The Morgan fingerprint density at radius 3 is 2.47 bits per heavy atom. The van der Waals surface area contributed by atoms with Crippen molar-refractivity contribution in [2.75, 3.05) is 20.8 Å². The van der Waals surface area contributed by atoms with E-state index in [0.717, 1.165) is 70.6 Å². The van der Waals surface area contributed by atoms with Gasteiger partial charge in [-0.1, -0.05) is 44.8 Å². The summed E-state index contributed by atoms with van der Waals surface area (Å²) in [5, 5.41) is 10.9. The van der Waals surface area contributed by atoms with Crippen molar-refractivity contribution in [3.63, 3.8) is 0 Å². The normalized spacial score (nSPS) is 27.1. The zero-order chi connectivity index (χ0) is 28.0. The molecule has 1 saturated heterocycles. The van der Waals surface area contributed by atoms with Crippen LogP contribution in [0.1, 0.15) is 111 Å². The van der Waals surface area contributed by atoms with Gasteiger partial charge in [-0.25, -0.2) is 4.79 Å². The van der Waals surface area contributed by atoms with E-state index in [9.17, 15) is 14.7 Å². The molecule has 0 amide bonds. The maximum atomic E-state index is 12.3. The van der Waals surface area contributed by atoms with Gasteiger partial charge >= 0.3 is 11.9 Å². The first-order valence-electron chi connectivity index (χ1n) is 14.7. The number of hydrogen-bond donors (Lipinski definition) is 1. The summed E-state index contributed by atoms with van der Waals surface area (Å²) >= 11 is 0. The highest BCUT2D eigenvalue weighted by atomic mass is 16.8. The molecule has 0 radical (unpaired) electrons. The van der Waals surface area contributed by atoms with E-state index in [1.165, 1.54) is 14.0 Å². The molecule has 1 saturated carbocycles. The van der Waals surface area contributed by atoms with Crippen LogP contribution in [-0.2, 0) is 33.3 Å². The molecule has 0 aromatic heterocycles. The molecule has 0 aromatic rings. The quantitative estimate of drug-likeness (QED) is 0.106. The smallest absolute Gasteiger partial charge is 0.366 e. The third-order valence-electron chi connectivity index (χ3n) is 8.14. The summed E-state index contributed by atoms with van der Waals surface area (Å²) in [4.78, 5) is 24.0. The van der Waals surface area contributed by atoms with Gasteiger partial charge in [0.05, 0.1) is 12.7 Å². The molecule has 4 unspecified atom stereocenters. The predicted molar refractivity (Wildman–Crippen MR) is 145 cm³/mol. The minimum Gasteiger partial charge on any atom is -0.465 e. The summed E-state index contributed by atoms with van der Waals surface area (Å²) in [6.07, 6.45) is 15.8. The molecular formula is C30H52O8. The number of carbonyl (C=O) groups is 2. The van der Waals surface area contributed by atoms with Crippen LogP contribution in [0.25, 0.3) is 0 Å². The molecule has 0 bridgehead atoms. The Labute approximate surface area is 229 Å². The second-order valence-corrected chi connectivity index (χ2v) is 11.2. The lowest BCUT2D eigenvalue weighted by atomic mass is 9.87. The third kappa shape index (κ3) is 10.6. The Kier molecular flexibility index (Phi) is 14.3. The molecule has 6 atom stereocenters. The van der Waals surface area contributed by atoms with Crippen LogP contribution in [0.15, 0.2) is 12.2 Å². The van der Waals surface area contributed by atoms with Crippen molar-refractivity contribution in [1.29, 1.82) is 0 Å². The van der Waals surface area contributed by atoms with Gasteiger partial charge in [0.2, 0.25) is 0 Å². The molecule has 220 valence electrons. The van der Waals surface area contributed by atoms with E-state index in [2.05, 4.69) is 26.0 Å². The van der Waals surface area contributed by atoms with E-state index in [0.29, 0.717) is 25.4 Å². The van der Waals surface area contributed by atoms with Crippen LogP contribution in [0.2, 0.25) is 0 Å². The van der Waals surface area contributed by atoms with Gasteiger partial charge in [-0.3, -0.25) is 4.79 Å². The number of rotatable bonds is 17. The second-order valence-electron chi connectivity index (χ2n) is 11.2. The highest BCUT2D eigenvalue weighted by Crippen LogP contribution is 2.39. The van der Waals surface area contributed by atoms with Crippen LogP contribution in [0.3, 0.4) is 0 Å². The largest absolute Gasteiger partial charge is 0.465 e. The van der Waals surface area contributed by atoms with Crippen LogP contribution in [0.5, 0.6) is 0 Å². The molecule has 1 heterocycles. The monoisotopic (exact) mass is 540 g/mol. The van der Waals surface area contributed by atoms with E-state index in [1.54, 1.807) is 7.11 Å². The number of methoxy groups -OCH3 is 2. The molecular weight excluding hydrogens is 488 g/mol.